The number of anilines is 2. The van der Waals surface area contributed by atoms with Crippen LogP contribution in [-0.2, 0) is 0 Å². The van der Waals surface area contributed by atoms with Crippen molar-refractivity contribution in [1.29, 1.82) is 0 Å². The van der Waals surface area contributed by atoms with Crippen LogP contribution in [0.4, 0.5) is 20.2 Å². The molecule has 0 bridgehead atoms. The Kier molecular flexibility index (Phi) is 6.91. The van der Waals surface area contributed by atoms with Crippen LogP contribution in [0.5, 0.6) is 23.1 Å². The first kappa shape index (κ1) is 26.8. The molecular formula is C31H24F2N4O5. The first-order chi connectivity index (χ1) is 20.3. The van der Waals surface area contributed by atoms with Gasteiger partial charge in [0.2, 0.25) is 5.88 Å². The Balaban J connectivity index is 1.30. The average molecular weight is 571 g/mol. The number of carbonyl (C=O) groups is 1. The third kappa shape index (κ3) is 4.96. The van der Waals surface area contributed by atoms with Crippen LogP contribution in [0, 0.1) is 11.6 Å². The van der Waals surface area contributed by atoms with E-state index in [1.807, 2.05) is 4.90 Å². The highest BCUT2D eigenvalue weighted by atomic mass is 19.1. The molecule has 9 nitrogen and oxygen atoms in total. The van der Waals surface area contributed by atoms with Crippen LogP contribution in [0.2, 0.25) is 0 Å². The normalized spacial score (nSPS) is 12.4. The largest absolute Gasteiger partial charge is 0.497 e. The summed E-state index contributed by atoms with van der Waals surface area (Å²) >= 11 is 0. The maximum atomic E-state index is 15.1. The first-order valence-corrected chi connectivity index (χ1v) is 12.9. The van der Waals surface area contributed by atoms with Crippen molar-refractivity contribution < 1.29 is 27.8 Å². The van der Waals surface area contributed by atoms with E-state index in [1.165, 1.54) is 47.0 Å². The molecule has 2 aromatic heterocycles. The highest BCUT2D eigenvalue weighted by molar-refractivity contribution is 6.05. The molecule has 0 saturated carbocycles. The average Bonchev–Trinajstić information content (AvgIpc) is 2.99. The lowest BCUT2D eigenvalue weighted by atomic mass is 10.1. The molecule has 3 heterocycles. The first-order valence-electron chi connectivity index (χ1n) is 12.9. The molecule has 11 heteroatoms. The molecule has 1 N–H and O–H groups in total. The minimum atomic E-state index is -0.750. The molecule has 42 heavy (non-hydrogen) atoms. The number of fused-ring (bicyclic) bond motifs is 2. The molecule has 3 aromatic carbocycles. The van der Waals surface area contributed by atoms with Crippen LogP contribution in [0.1, 0.15) is 10.4 Å². The minimum Gasteiger partial charge on any atom is -0.497 e. The van der Waals surface area contributed by atoms with Gasteiger partial charge in [0.05, 0.1) is 30.5 Å². The Labute approximate surface area is 238 Å². The zero-order chi connectivity index (χ0) is 29.4. The van der Waals surface area contributed by atoms with Crippen LogP contribution in [0.3, 0.4) is 0 Å². The second-order valence-electron chi connectivity index (χ2n) is 9.53. The van der Waals surface area contributed by atoms with Gasteiger partial charge in [0.15, 0.2) is 11.6 Å². The Morgan fingerprint density at radius 2 is 1.81 bits per heavy atom. The fraction of sp³-hybridized carbons (Fsp3) is 0.129. The number of rotatable bonds is 6. The summed E-state index contributed by atoms with van der Waals surface area (Å²) in [6.07, 6.45) is 1.55. The smallest absolute Gasteiger partial charge is 0.270 e. The second kappa shape index (κ2) is 10.8. The van der Waals surface area contributed by atoms with E-state index in [2.05, 4.69) is 10.3 Å². The maximum Gasteiger partial charge on any atom is 0.270 e. The standard InChI is InChI=1S/C31H24F2N4O5/c1-36-13-14-41-31-26(36)17-23(30(39)37(31)20-6-3-18(32)4-7-20)29(38)35-19-5-10-28(24(33)15-19)42-27-11-12-34-25-16-21(40-2)8-9-22(25)27/h3-12,15-17H,13-14H2,1-2H3,(H,35,38). The van der Waals surface area contributed by atoms with Crippen molar-refractivity contribution in [3.05, 3.63) is 107 Å². The van der Waals surface area contributed by atoms with E-state index in [1.54, 1.807) is 44.6 Å². The third-order valence-corrected chi connectivity index (χ3v) is 6.86. The van der Waals surface area contributed by atoms with Gasteiger partial charge < -0.3 is 24.4 Å². The molecule has 6 rings (SSSR count). The molecule has 0 radical (unpaired) electrons. The summed E-state index contributed by atoms with van der Waals surface area (Å²) in [5.41, 5.74) is 0.696. The third-order valence-electron chi connectivity index (χ3n) is 6.86. The van der Waals surface area contributed by atoms with Gasteiger partial charge >= 0.3 is 0 Å². The Hall–Kier alpha value is -5.45. The summed E-state index contributed by atoms with van der Waals surface area (Å²) in [6, 6.07) is 17.5. The molecule has 0 aliphatic carbocycles. The van der Waals surface area contributed by atoms with E-state index in [4.69, 9.17) is 14.2 Å². The summed E-state index contributed by atoms with van der Waals surface area (Å²) in [7, 11) is 3.36. The highest BCUT2D eigenvalue weighted by Crippen LogP contribution is 2.34. The number of nitrogens with one attached hydrogen (secondary N) is 1. The van der Waals surface area contributed by atoms with Gasteiger partial charge in [0, 0.05) is 36.5 Å². The van der Waals surface area contributed by atoms with Gasteiger partial charge in [-0.3, -0.25) is 14.6 Å². The van der Waals surface area contributed by atoms with Crippen LogP contribution in [0.15, 0.2) is 83.8 Å². The Morgan fingerprint density at radius 1 is 1.00 bits per heavy atom. The number of hydrogen-bond acceptors (Lipinski definition) is 7. The maximum absolute atomic E-state index is 15.1. The van der Waals surface area contributed by atoms with Gasteiger partial charge in [-0.25, -0.2) is 13.3 Å². The molecule has 5 aromatic rings. The molecule has 0 fully saturated rings. The van der Waals surface area contributed by atoms with Crippen molar-refractivity contribution in [3.63, 3.8) is 0 Å². The van der Waals surface area contributed by atoms with E-state index < -0.39 is 23.1 Å². The molecule has 0 atom stereocenters. The molecule has 1 aliphatic heterocycles. The lowest BCUT2D eigenvalue weighted by molar-refractivity contribution is 0.102. The zero-order valence-corrected chi connectivity index (χ0v) is 22.6. The molecule has 0 saturated heterocycles. The monoisotopic (exact) mass is 570 g/mol. The number of likely N-dealkylation sites (N-methyl/N-ethyl adjacent to an activating group) is 1. The number of aromatic nitrogens is 2. The van der Waals surface area contributed by atoms with Gasteiger partial charge in [0.25, 0.3) is 11.5 Å². The predicted octanol–water partition coefficient (Wildman–Crippen LogP) is 5.55. The van der Waals surface area contributed by atoms with E-state index in [0.29, 0.717) is 46.9 Å². The summed E-state index contributed by atoms with van der Waals surface area (Å²) < 4.78 is 46.8. The van der Waals surface area contributed by atoms with Crippen molar-refractivity contribution >= 4 is 28.2 Å². The quantitative estimate of drug-likeness (QED) is 0.286. The Morgan fingerprint density at radius 3 is 2.57 bits per heavy atom. The van der Waals surface area contributed by atoms with Crippen molar-refractivity contribution in [2.75, 3.05) is 37.5 Å². The van der Waals surface area contributed by atoms with Crippen molar-refractivity contribution in [2.24, 2.45) is 0 Å². The lowest BCUT2D eigenvalue weighted by Gasteiger charge is -2.30. The van der Waals surface area contributed by atoms with Gasteiger partial charge in [-0.05, 0) is 60.7 Å². The van der Waals surface area contributed by atoms with Gasteiger partial charge in [-0.1, -0.05) is 0 Å². The summed E-state index contributed by atoms with van der Waals surface area (Å²) in [5.74, 6) is -0.761. The number of ether oxygens (including phenoxy) is 3. The zero-order valence-electron chi connectivity index (χ0n) is 22.6. The number of pyridine rings is 2. The molecule has 0 spiro atoms. The minimum absolute atomic E-state index is 0.0671. The van der Waals surface area contributed by atoms with Crippen LogP contribution in [0.25, 0.3) is 16.6 Å². The molecule has 1 aliphatic rings. The van der Waals surface area contributed by atoms with Crippen molar-refractivity contribution in [1.82, 2.24) is 9.55 Å². The van der Waals surface area contributed by atoms with E-state index in [-0.39, 0.29) is 22.9 Å². The lowest BCUT2D eigenvalue weighted by Crippen LogP contribution is -2.36. The fourth-order valence-corrected chi connectivity index (χ4v) is 4.68. The summed E-state index contributed by atoms with van der Waals surface area (Å²) in [6.45, 7) is 0.857. The number of benzene rings is 3. The summed E-state index contributed by atoms with van der Waals surface area (Å²) in [4.78, 5) is 33.0. The fourth-order valence-electron chi connectivity index (χ4n) is 4.68. The summed E-state index contributed by atoms with van der Waals surface area (Å²) in [5, 5.41) is 3.25. The van der Waals surface area contributed by atoms with E-state index >= 15 is 4.39 Å². The number of amides is 1. The van der Waals surface area contributed by atoms with Gasteiger partial charge in [-0.15, -0.1) is 0 Å². The topological polar surface area (TPSA) is 94.9 Å². The SMILES string of the molecule is COc1ccc2c(Oc3ccc(NC(=O)c4cc5c(n(-c6ccc(F)cc6)c4=O)OCCN5C)cc3F)ccnc2c1. The Bertz CT molecular complexity index is 1890. The van der Waals surface area contributed by atoms with Crippen molar-refractivity contribution in [2.45, 2.75) is 0 Å². The van der Waals surface area contributed by atoms with Crippen LogP contribution >= 0.6 is 0 Å². The second-order valence-corrected chi connectivity index (χ2v) is 9.53. The number of carbonyl (C=O) groups excluding carboxylic acids is 1. The number of hydrogen-bond donors (Lipinski definition) is 1. The highest BCUT2D eigenvalue weighted by Gasteiger charge is 2.26. The van der Waals surface area contributed by atoms with E-state index in [9.17, 15) is 14.0 Å². The number of halogens is 2. The van der Waals surface area contributed by atoms with Crippen LogP contribution < -0.4 is 30.0 Å². The van der Waals surface area contributed by atoms with Gasteiger partial charge in [-0.2, -0.15) is 0 Å². The predicted molar refractivity (Wildman–Crippen MR) is 153 cm³/mol. The molecule has 1 amide bonds. The molecular weight excluding hydrogens is 546 g/mol. The van der Waals surface area contributed by atoms with Crippen molar-refractivity contribution in [3.8, 4) is 28.8 Å². The number of methoxy groups -OCH3 is 1. The van der Waals surface area contributed by atoms with Crippen LogP contribution in [-0.4, -0.2) is 42.8 Å². The number of nitrogens with zero attached hydrogens (tertiary/aromatic N) is 3. The van der Waals surface area contributed by atoms with Gasteiger partial charge in [0.1, 0.15) is 29.5 Å². The molecule has 212 valence electrons. The van der Waals surface area contributed by atoms with E-state index in [0.717, 1.165) is 6.07 Å². The molecule has 0 unspecified atom stereocenters.